The third-order valence-electron chi connectivity index (χ3n) is 3.25. The molecule has 19 heavy (non-hydrogen) atoms. The molecule has 3 heteroatoms. The lowest BCUT2D eigenvalue weighted by Crippen LogP contribution is -2.18. The monoisotopic (exact) mass is 257 g/mol. The quantitative estimate of drug-likeness (QED) is 0.712. The number of hydrogen-bond acceptors (Lipinski definition) is 2. The molecule has 102 valence electrons. The normalized spacial score (nSPS) is 10.8. The molecule has 3 nitrogen and oxygen atoms in total. The molecule has 0 saturated carbocycles. The summed E-state index contributed by atoms with van der Waals surface area (Å²) in [6, 6.07) is 8.59. The van der Waals surface area contributed by atoms with E-state index in [4.69, 9.17) is 0 Å². The number of hydrogen-bond donors (Lipinski definition) is 2. The predicted molar refractivity (Wildman–Crippen MR) is 80.1 cm³/mol. The number of rotatable bonds is 8. The standard InChI is InChI=1S/C16H23N3/c1-2-3-4-9-17-10-8-14-6-5-7-15(13-14)16-18-11-12-19-16/h5-7,11-13,17H,2-4,8-10H2,1H3,(H,18,19). The van der Waals surface area contributed by atoms with E-state index in [1.807, 2.05) is 6.20 Å². The van der Waals surface area contributed by atoms with Gasteiger partial charge in [0.2, 0.25) is 0 Å². The van der Waals surface area contributed by atoms with Gasteiger partial charge in [-0.25, -0.2) is 4.98 Å². The lowest BCUT2D eigenvalue weighted by atomic mass is 10.1. The summed E-state index contributed by atoms with van der Waals surface area (Å²) in [7, 11) is 0. The summed E-state index contributed by atoms with van der Waals surface area (Å²) < 4.78 is 0. The maximum atomic E-state index is 4.29. The number of unbranched alkanes of at least 4 members (excludes halogenated alkanes) is 2. The van der Waals surface area contributed by atoms with Crippen molar-refractivity contribution in [3.63, 3.8) is 0 Å². The first-order valence-electron chi connectivity index (χ1n) is 7.19. The van der Waals surface area contributed by atoms with Gasteiger partial charge in [0, 0.05) is 18.0 Å². The van der Waals surface area contributed by atoms with Crippen molar-refractivity contribution in [1.82, 2.24) is 15.3 Å². The summed E-state index contributed by atoms with van der Waals surface area (Å²) in [5.74, 6) is 0.942. The van der Waals surface area contributed by atoms with Crippen LogP contribution in [-0.2, 0) is 6.42 Å². The summed E-state index contributed by atoms with van der Waals surface area (Å²) in [4.78, 5) is 7.43. The second-order valence-electron chi connectivity index (χ2n) is 4.85. The van der Waals surface area contributed by atoms with Crippen LogP contribution >= 0.6 is 0 Å². The smallest absolute Gasteiger partial charge is 0.137 e. The molecular formula is C16H23N3. The van der Waals surface area contributed by atoms with Crippen molar-refractivity contribution in [1.29, 1.82) is 0 Å². The van der Waals surface area contributed by atoms with E-state index in [0.29, 0.717) is 0 Å². The summed E-state index contributed by atoms with van der Waals surface area (Å²) in [6.07, 6.45) is 8.60. The van der Waals surface area contributed by atoms with Gasteiger partial charge >= 0.3 is 0 Å². The van der Waals surface area contributed by atoms with E-state index in [2.05, 4.69) is 46.5 Å². The lowest BCUT2D eigenvalue weighted by Gasteiger charge is -2.06. The summed E-state index contributed by atoms with van der Waals surface area (Å²) in [5.41, 5.74) is 2.52. The molecule has 0 radical (unpaired) electrons. The summed E-state index contributed by atoms with van der Waals surface area (Å²) >= 11 is 0. The van der Waals surface area contributed by atoms with E-state index < -0.39 is 0 Å². The number of aromatic amines is 1. The summed E-state index contributed by atoms with van der Waals surface area (Å²) in [6.45, 7) is 4.41. The predicted octanol–water partition coefficient (Wildman–Crippen LogP) is 3.40. The van der Waals surface area contributed by atoms with Gasteiger partial charge in [-0.1, -0.05) is 38.0 Å². The summed E-state index contributed by atoms with van der Waals surface area (Å²) in [5, 5.41) is 3.50. The molecule has 0 saturated heterocycles. The number of H-pyrrole nitrogens is 1. The van der Waals surface area contributed by atoms with Crippen molar-refractivity contribution in [2.45, 2.75) is 32.6 Å². The number of imidazole rings is 1. The molecule has 0 aliphatic heterocycles. The molecule has 0 spiro atoms. The zero-order chi connectivity index (χ0) is 13.3. The Balaban J connectivity index is 1.79. The largest absolute Gasteiger partial charge is 0.345 e. The molecule has 1 aromatic heterocycles. The maximum absolute atomic E-state index is 4.29. The van der Waals surface area contributed by atoms with Crippen molar-refractivity contribution >= 4 is 0 Å². The topological polar surface area (TPSA) is 40.7 Å². The molecule has 0 bridgehead atoms. The first-order chi connectivity index (χ1) is 9.40. The van der Waals surface area contributed by atoms with Crippen molar-refractivity contribution in [2.75, 3.05) is 13.1 Å². The van der Waals surface area contributed by atoms with Crippen molar-refractivity contribution in [3.05, 3.63) is 42.2 Å². The molecule has 1 heterocycles. The van der Waals surface area contributed by atoms with Crippen LogP contribution in [0.2, 0.25) is 0 Å². The minimum absolute atomic E-state index is 0.942. The highest BCUT2D eigenvalue weighted by Crippen LogP contribution is 2.16. The zero-order valence-electron chi connectivity index (χ0n) is 11.7. The van der Waals surface area contributed by atoms with E-state index in [0.717, 1.165) is 30.9 Å². The highest BCUT2D eigenvalue weighted by atomic mass is 14.9. The average molecular weight is 257 g/mol. The van der Waals surface area contributed by atoms with Gasteiger partial charge in [-0.2, -0.15) is 0 Å². The fraction of sp³-hybridized carbons (Fsp3) is 0.438. The van der Waals surface area contributed by atoms with E-state index in [1.54, 1.807) is 6.20 Å². The molecule has 2 N–H and O–H groups in total. The Morgan fingerprint density at radius 3 is 2.95 bits per heavy atom. The molecule has 0 amide bonds. The molecular weight excluding hydrogens is 234 g/mol. The Labute approximate surface area is 115 Å². The molecule has 0 atom stereocenters. The third kappa shape index (κ3) is 4.52. The molecule has 2 rings (SSSR count). The molecule has 0 unspecified atom stereocenters. The Morgan fingerprint density at radius 2 is 2.16 bits per heavy atom. The number of aromatic nitrogens is 2. The highest BCUT2D eigenvalue weighted by Gasteiger charge is 2.00. The van der Waals surface area contributed by atoms with Crippen LogP contribution in [0.1, 0.15) is 31.7 Å². The fourth-order valence-electron chi connectivity index (χ4n) is 2.16. The van der Waals surface area contributed by atoms with Crippen LogP contribution < -0.4 is 5.32 Å². The van der Waals surface area contributed by atoms with Gasteiger partial charge < -0.3 is 10.3 Å². The molecule has 0 aliphatic carbocycles. The van der Waals surface area contributed by atoms with Crippen LogP contribution in [0.5, 0.6) is 0 Å². The van der Waals surface area contributed by atoms with Crippen LogP contribution in [0.15, 0.2) is 36.7 Å². The van der Waals surface area contributed by atoms with Gasteiger partial charge in [0.05, 0.1) is 0 Å². The zero-order valence-corrected chi connectivity index (χ0v) is 11.7. The SMILES string of the molecule is CCCCCNCCc1cccc(-c2ncc[nH]2)c1. The minimum atomic E-state index is 0.942. The van der Waals surface area contributed by atoms with E-state index >= 15 is 0 Å². The van der Waals surface area contributed by atoms with Gasteiger partial charge in [-0.05, 0) is 37.6 Å². The van der Waals surface area contributed by atoms with Crippen LogP contribution in [-0.4, -0.2) is 23.1 Å². The van der Waals surface area contributed by atoms with Crippen molar-refractivity contribution in [3.8, 4) is 11.4 Å². The van der Waals surface area contributed by atoms with Crippen molar-refractivity contribution < 1.29 is 0 Å². The first-order valence-corrected chi connectivity index (χ1v) is 7.19. The van der Waals surface area contributed by atoms with Gasteiger partial charge in [0.1, 0.15) is 5.82 Å². The Morgan fingerprint density at radius 1 is 1.21 bits per heavy atom. The second kappa shape index (κ2) is 7.74. The van der Waals surface area contributed by atoms with Gasteiger partial charge in [-0.3, -0.25) is 0 Å². The van der Waals surface area contributed by atoms with E-state index in [9.17, 15) is 0 Å². The average Bonchev–Trinajstić information content (AvgIpc) is 2.97. The first kappa shape index (κ1) is 13.8. The Hall–Kier alpha value is -1.61. The van der Waals surface area contributed by atoms with Gasteiger partial charge in [0.15, 0.2) is 0 Å². The minimum Gasteiger partial charge on any atom is -0.345 e. The lowest BCUT2D eigenvalue weighted by molar-refractivity contribution is 0.617. The molecule has 0 aliphatic rings. The van der Waals surface area contributed by atoms with Gasteiger partial charge in [-0.15, -0.1) is 0 Å². The highest BCUT2D eigenvalue weighted by molar-refractivity contribution is 5.55. The molecule has 1 aromatic carbocycles. The number of benzene rings is 1. The van der Waals surface area contributed by atoms with Crippen molar-refractivity contribution in [2.24, 2.45) is 0 Å². The van der Waals surface area contributed by atoms with E-state index in [1.165, 1.54) is 24.8 Å². The van der Waals surface area contributed by atoms with E-state index in [-0.39, 0.29) is 0 Å². The van der Waals surface area contributed by atoms with Crippen LogP contribution in [0.3, 0.4) is 0 Å². The van der Waals surface area contributed by atoms with Gasteiger partial charge in [0.25, 0.3) is 0 Å². The maximum Gasteiger partial charge on any atom is 0.137 e. The third-order valence-corrected chi connectivity index (χ3v) is 3.25. The van der Waals surface area contributed by atoms with Crippen LogP contribution in [0.25, 0.3) is 11.4 Å². The second-order valence-corrected chi connectivity index (χ2v) is 4.85. The molecule has 2 aromatic rings. The fourth-order valence-corrected chi connectivity index (χ4v) is 2.16. The Kier molecular flexibility index (Phi) is 5.63. The Bertz CT molecular complexity index is 463. The van der Waals surface area contributed by atoms with Crippen LogP contribution in [0, 0.1) is 0 Å². The number of nitrogens with zero attached hydrogens (tertiary/aromatic N) is 1. The molecule has 0 fully saturated rings. The number of nitrogens with one attached hydrogen (secondary N) is 2. The van der Waals surface area contributed by atoms with Crippen LogP contribution in [0.4, 0.5) is 0 Å².